The highest BCUT2D eigenvalue weighted by Gasteiger charge is 2.30. The Morgan fingerprint density at radius 2 is 1.96 bits per heavy atom. The fraction of sp³-hybridized carbons (Fsp3) is 0.588. The summed E-state index contributed by atoms with van der Waals surface area (Å²) in [4.78, 5) is 0. The number of benzene rings is 1. The number of nitrogens with one attached hydrogen (secondary N) is 2. The van der Waals surface area contributed by atoms with Gasteiger partial charge in [-0.05, 0) is 49.7 Å². The van der Waals surface area contributed by atoms with Gasteiger partial charge in [-0.1, -0.05) is 25.3 Å². The molecule has 0 heterocycles. The average Bonchev–Trinajstić information content (AvgIpc) is 2.55. The Kier molecular flexibility index (Phi) is 7.30. The molecule has 2 N–H and O–H groups in total. The number of thiocarbonyl (C=S) groups is 1. The number of rotatable bonds is 6. The molecule has 1 aliphatic carbocycles. The van der Waals surface area contributed by atoms with E-state index < -0.39 is 11.7 Å². The first-order valence-electron chi connectivity index (χ1n) is 8.29. The summed E-state index contributed by atoms with van der Waals surface area (Å²) in [6.45, 7) is 1.29. The highest BCUT2D eigenvalue weighted by Crippen LogP contribution is 2.30. The summed E-state index contributed by atoms with van der Waals surface area (Å²) in [5, 5.41) is 6.07. The van der Waals surface area contributed by atoms with E-state index >= 15 is 0 Å². The van der Waals surface area contributed by atoms with Crippen LogP contribution in [0.4, 0.5) is 18.9 Å². The third-order valence-corrected chi connectivity index (χ3v) is 4.21. The predicted octanol–water partition coefficient (Wildman–Crippen LogP) is 4.73. The minimum absolute atomic E-state index is 0.312. The lowest BCUT2D eigenvalue weighted by Gasteiger charge is -2.22. The van der Waals surface area contributed by atoms with Crippen LogP contribution in [0.3, 0.4) is 0 Å². The van der Waals surface area contributed by atoms with Crippen molar-refractivity contribution in [3.63, 3.8) is 0 Å². The van der Waals surface area contributed by atoms with Gasteiger partial charge in [-0.25, -0.2) is 0 Å². The smallest absolute Gasteiger partial charge is 0.378 e. The normalized spacial score (nSPS) is 16.0. The van der Waals surface area contributed by atoms with Gasteiger partial charge < -0.3 is 15.4 Å². The van der Waals surface area contributed by atoms with Gasteiger partial charge in [0.25, 0.3) is 0 Å². The molecule has 0 spiro atoms. The molecule has 24 heavy (non-hydrogen) atoms. The molecule has 0 aliphatic heterocycles. The molecule has 1 saturated carbocycles. The molecule has 0 bridgehead atoms. The zero-order valence-electron chi connectivity index (χ0n) is 13.5. The largest absolute Gasteiger partial charge is 0.416 e. The summed E-state index contributed by atoms with van der Waals surface area (Å²) >= 11 is 5.10. The van der Waals surface area contributed by atoms with Gasteiger partial charge in [0.2, 0.25) is 0 Å². The third kappa shape index (κ3) is 6.65. The fourth-order valence-corrected chi connectivity index (χ4v) is 2.92. The fourth-order valence-electron chi connectivity index (χ4n) is 2.70. The molecule has 0 aromatic heterocycles. The van der Waals surface area contributed by atoms with Crippen LogP contribution in [0.2, 0.25) is 0 Å². The first kappa shape index (κ1) is 19.0. The van der Waals surface area contributed by atoms with Crippen molar-refractivity contribution in [2.45, 2.75) is 50.8 Å². The number of hydrogen-bond acceptors (Lipinski definition) is 2. The number of halogens is 3. The summed E-state index contributed by atoms with van der Waals surface area (Å²) in [5.41, 5.74) is -0.378. The second-order valence-corrected chi connectivity index (χ2v) is 6.35. The summed E-state index contributed by atoms with van der Waals surface area (Å²) in [6, 6.07) is 4.98. The van der Waals surface area contributed by atoms with E-state index in [1.54, 1.807) is 6.07 Å². The molecule has 1 aromatic carbocycles. The SMILES string of the molecule is FC(F)(F)c1cccc(NC(=S)NCCCOC2CCCCC2)c1. The molecule has 0 atom stereocenters. The second kappa shape index (κ2) is 9.22. The highest BCUT2D eigenvalue weighted by molar-refractivity contribution is 7.80. The van der Waals surface area contributed by atoms with Crippen LogP contribution < -0.4 is 10.6 Å². The van der Waals surface area contributed by atoms with Crippen LogP contribution >= 0.6 is 12.2 Å². The molecule has 0 radical (unpaired) electrons. The van der Waals surface area contributed by atoms with Gasteiger partial charge in [0.15, 0.2) is 5.11 Å². The standard InChI is InChI=1S/C17H23F3N2OS/c18-17(19,20)13-6-4-7-14(12-13)22-16(24)21-10-5-11-23-15-8-2-1-3-9-15/h4,6-7,12,15H,1-3,5,8-11H2,(H2,21,22,24). The van der Waals surface area contributed by atoms with Crippen LogP contribution in [0.5, 0.6) is 0 Å². The molecule has 1 fully saturated rings. The molecule has 2 rings (SSSR count). The Labute approximate surface area is 146 Å². The topological polar surface area (TPSA) is 33.3 Å². The maximum atomic E-state index is 12.7. The second-order valence-electron chi connectivity index (χ2n) is 5.94. The minimum atomic E-state index is -4.36. The molecular weight excluding hydrogens is 337 g/mol. The molecule has 0 amide bonds. The maximum absolute atomic E-state index is 12.7. The number of hydrogen-bond donors (Lipinski definition) is 2. The van der Waals surface area contributed by atoms with Crippen LogP contribution in [0.1, 0.15) is 44.1 Å². The van der Waals surface area contributed by atoms with Crippen molar-refractivity contribution < 1.29 is 17.9 Å². The zero-order chi connectivity index (χ0) is 17.4. The van der Waals surface area contributed by atoms with Crippen LogP contribution in [-0.4, -0.2) is 24.4 Å². The summed E-state index contributed by atoms with van der Waals surface area (Å²) < 4.78 is 43.8. The van der Waals surface area contributed by atoms with E-state index in [-0.39, 0.29) is 0 Å². The first-order valence-corrected chi connectivity index (χ1v) is 8.70. The molecule has 7 heteroatoms. The van der Waals surface area contributed by atoms with Crippen molar-refractivity contribution in [2.75, 3.05) is 18.5 Å². The van der Waals surface area contributed by atoms with Gasteiger partial charge in [-0.15, -0.1) is 0 Å². The Hall–Kier alpha value is -1.34. The molecule has 134 valence electrons. The van der Waals surface area contributed by atoms with Gasteiger partial charge in [0, 0.05) is 18.8 Å². The Balaban J connectivity index is 1.64. The van der Waals surface area contributed by atoms with E-state index in [0.29, 0.717) is 30.1 Å². The van der Waals surface area contributed by atoms with Crippen molar-refractivity contribution in [1.29, 1.82) is 0 Å². The highest BCUT2D eigenvalue weighted by atomic mass is 32.1. The average molecular weight is 360 g/mol. The number of alkyl halides is 3. The van der Waals surface area contributed by atoms with E-state index in [2.05, 4.69) is 10.6 Å². The Bertz CT molecular complexity index is 531. The van der Waals surface area contributed by atoms with E-state index in [0.717, 1.165) is 31.4 Å². The lowest BCUT2D eigenvalue weighted by atomic mass is 9.98. The maximum Gasteiger partial charge on any atom is 0.416 e. The zero-order valence-corrected chi connectivity index (χ0v) is 14.3. The van der Waals surface area contributed by atoms with Gasteiger partial charge in [0.05, 0.1) is 11.7 Å². The lowest BCUT2D eigenvalue weighted by Crippen LogP contribution is -2.30. The van der Waals surface area contributed by atoms with Crippen LogP contribution in [0, 0.1) is 0 Å². The van der Waals surface area contributed by atoms with E-state index in [1.807, 2.05) is 0 Å². The minimum Gasteiger partial charge on any atom is -0.378 e. The van der Waals surface area contributed by atoms with E-state index in [1.165, 1.54) is 25.3 Å². The predicted molar refractivity (Wildman–Crippen MR) is 93.1 cm³/mol. The quantitative estimate of drug-likeness (QED) is 0.568. The summed E-state index contributed by atoms with van der Waals surface area (Å²) in [7, 11) is 0. The molecule has 1 aromatic rings. The van der Waals surface area contributed by atoms with Crippen molar-refractivity contribution >= 4 is 23.0 Å². The van der Waals surface area contributed by atoms with E-state index in [4.69, 9.17) is 17.0 Å². The third-order valence-electron chi connectivity index (χ3n) is 3.96. The molecule has 0 saturated heterocycles. The van der Waals surface area contributed by atoms with Crippen LogP contribution in [0.15, 0.2) is 24.3 Å². The van der Waals surface area contributed by atoms with Crippen molar-refractivity contribution in [3.05, 3.63) is 29.8 Å². The Morgan fingerprint density at radius 1 is 1.21 bits per heavy atom. The van der Waals surface area contributed by atoms with Crippen molar-refractivity contribution in [2.24, 2.45) is 0 Å². The van der Waals surface area contributed by atoms with Crippen molar-refractivity contribution in [1.82, 2.24) is 5.32 Å². The van der Waals surface area contributed by atoms with Gasteiger partial charge in [-0.3, -0.25) is 0 Å². The number of anilines is 1. The Morgan fingerprint density at radius 3 is 2.67 bits per heavy atom. The van der Waals surface area contributed by atoms with Crippen LogP contribution in [-0.2, 0) is 10.9 Å². The van der Waals surface area contributed by atoms with Gasteiger partial charge in [0.1, 0.15) is 0 Å². The van der Waals surface area contributed by atoms with Crippen LogP contribution in [0.25, 0.3) is 0 Å². The molecule has 3 nitrogen and oxygen atoms in total. The van der Waals surface area contributed by atoms with Crippen molar-refractivity contribution in [3.8, 4) is 0 Å². The molecular formula is C17H23F3N2OS. The summed E-state index contributed by atoms with van der Waals surface area (Å²) in [5.74, 6) is 0. The lowest BCUT2D eigenvalue weighted by molar-refractivity contribution is -0.137. The monoisotopic (exact) mass is 360 g/mol. The molecule has 0 unspecified atom stereocenters. The van der Waals surface area contributed by atoms with Gasteiger partial charge in [-0.2, -0.15) is 13.2 Å². The van der Waals surface area contributed by atoms with E-state index in [9.17, 15) is 13.2 Å². The number of ether oxygens (including phenoxy) is 1. The van der Waals surface area contributed by atoms with Gasteiger partial charge >= 0.3 is 6.18 Å². The summed E-state index contributed by atoms with van der Waals surface area (Å²) in [6.07, 6.45) is 2.91. The first-order chi connectivity index (χ1) is 11.4. The molecule has 1 aliphatic rings.